The van der Waals surface area contributed by atoms with Gasteiger partial charge in [-0.1, -0.05) is 206 Å². The van der Waals surface area contributed by atoms with Crippen LogP contribution in [0.1, 0.15) is 5.56 Å². The molecule has 5 heteroatoms. The number of nitrogens with zero attached hydrogens (tertiary/aromatic N) is 2. The second-order valence-electron chi connectivity index (χ2n) is 20.8. The summed E-state index contributed by atoms with van der Waals surface area (Å²) in [5, 5.41) is 4.43. The number of benzene rings is 12. The molecule has 78 heavy (non-hydrogen) atoms. The molecule has 16 rings (SSSR count). The second kappa shape index (κ2) is 17.5. The minimum atomic E-state index is -0.180. The van der Waals surface area contributed by atoms with Crippen LogP contribution >= 0.6 is 0 Å². The van der Waals surface area contributed by atoms with E-state index in [1.165, 1.54) is 33.1 Å². The van der Waals surface area contributed by atoms with Crippen molar-refractivity contribution in [2.45, 2.75) is 6.92 Å². The highest BCUT2D eigenvalue weighted by atomic mass is 16.3. The highest BCUT2D eigenvalue weighted by molar-refractivity contribution is 7.00. The van der Waals surface area contributed by atoms with Crippen molar-refractivity contribution in [3.8, 4) is 55.6 Å². The third-order valence-electron chi connectivity index (χ3n) is 16.3. The summed E-state index contributed by atoms with van der Waals surface area (Å²) < 4.78 is 13.0. The lowest BCUT2D eigenvalue weighted by Crippen LogP contribution is -2.61. The number of aryl methyl sites for hydroxylation is 1. The minimum Gasteiger partial charge on any atom is -0.456 e. The van der Waals surface area contributed by atoms with Gasteiger partial charge < -0.3 is 18.6 Å². The van der Waals surface area contributed by atoms with Crippen molar-refractivity contribution in [2.75, 3.05) is 9.80 Å². The van der Waals surface area contributed by atoms with E-state index >= 15 is 0 Å². The second-order valence-corrected chi connectivity index (χ2v) is 20.8. The summed E-state index contributed by atoms with van der Waals surface area (Å²) in [6.45, 7) is 1.98. The molecule has 0 spiro atoms. The molecule has 2 aliphatic rings. The van der Waals surface area contributed by atoms with Crippen molar-refractivity contribution in [3.63, 3.8) is 0 Å². The zero-order valence-corrected chi connectivity index (χ0v) is 42.7. The van der Waals surface area contributed by atoms with Gasteiger partial charge in [-0.05, 0) is 135 Å². The largest absolute Gasteiger partial charge is 0.456 e. The molecule has 14 aromatic rings. The topological polar surface area (TPSA) is 32.8 Å². The van der Waals surface area contributed by atoms with Gasteiger partial charge in [-0.25, -0.2) is 0 Å². The van der Waals surface area contributed by atoms with Crippen LogP contribution in [0.25, 0.3) is 99.5 Å². The first kappa shape index (κ1) is 44.2. The number of rotatable bonds is 7. The van der Waals surface area contributed by atoms with E-state index in [2.05, 4.69) is 278 Å². The van der Waals surface area contributed by atoms with Crippen LogP contribution in [0.2, 0.25) is 0 Å². The van der Waals surface area contributed by atoms with Gasteiger partial charge >= 0.3 is 0 Å². The van der Waals surface area contributed by atoms with Crippen molar-refractivity contribution < 1.29 is 8.83 Å². The summed E-state index contributed by atoms with van der Waals surface area (Å²) in [7, 11) is 0. The molecular formula is C73H47BN2O2. The predicted octanol–water partition coefficient (Wildman–Crippen LogP) is 18.2. The quantitative estimate of drug-likeness (QED) is 0.149. The Balaban J connectivity index is 1.04. The lowest BCUT2D eigenvalue weighted by Gasteiger charge is -2.45. The van der Waals surface area contributed by atoms with Crippen LogP contribution in [-0.2, 0) is 0 Å². The highest BCUT2D eigenvalue weighted by Crippen LogP contribution is 2.51. The Hall–Kier alpha value is -10.1. The van der Waals surface area contributed by atoms with Gasteiger partial charge in [-0.2, -0.15) is 0 Å². The Morgan fingerprint density at radius 2 is 0.756 bits per heavy atom. The van der Waals surface area contributed by atoms with Crippen molar-refractivity contribution in [2.24, 2.45) is 0 Å². The third kappa shape index (κ3) is 6.88. The molecule has 12 aromatic carbocycles. The molecule has 0 N–H and O–H groups in total. The Bertz CT molecular complexity index is 4690. The monoisotopic (exact) mass is 994 g/mol. The van der Waals surface area contributed by atoms with Crippen LogP contribution < -0.4 is 26.2 Å². The van der Waals surface area contributed by atoms with Gasteiger partial charge in [0, 0.05) is 55.4 Å². The normalized spacial score (nSPS) is 12.6. The van der Waals surface area contributed by atoms with E-state index in [0.717, 1.165) is 123 Å². The molecule has 4 nitrogen and oxygen atoms in total. The molecule has 2 aliphatic heterocycles. The summed E-state index contributed by atoms with van der Waals surface area (Å²) >= 11 is 0. The molecular weight excluding hydrogens is 948 g/mol. The summed E-state index contributed by atoms with van der Waals surface area (Å²) in [4.78, 5) is 5.13. The maximum atomic E-state index is 6.54. The maximum absolute atomic E-state index is 6.54. The first-order valence-electron chi connectivity index (χ1n) is 26.8. The lowest BCUT2D eigenvalue weighted by atomic mass is 9.33. The summed E-state index contributed by atoms with van der Waals surface area (Å²) in [6.07, 6.45) is 0. The van der Waals surface area contributed by atoms with E-state index in [1.54, 1.807) is 0 Å². The maximum Gasteiger partial charge on any atom is 0.252 e. The first-order valence-corrected chi connectivity index (χ1v) is 26.8. The third-order valence-corrected chi connectivity index (χ3v) is 16.3. The van der Waals surface area contributed by atoms with E-state index in [0.29, 0.717) is 0 Å². The van der Waals surface area contributed by atoms with E-state index in [9.17, 15) is 0 Å². The molecule has 364 valence electrons. The summed E-state index contributed by atoms with van der Waals surface area (Å²) in [6, 6.07) is 97.8. The molecule has 0 aliphatic carbocycles. The van der Waals surface area contributed by atoms with Gasteiger partial charge in [-0.15, -0.1) is 0 Å². The predicted molar refractivity (Wildman–Crippen MR) is 327 cm³/mol. The fourth-order valence-electron chi connectivity index (χ4n) is 12.8. The molecule has 0 saturated heterocycles. The zero-order chi connectivity index (χ0) is 51.4. The van der Waals surface area contributed by atoms with Crippen LogP contribution in [0, 0.1) is 6.92 Å². The van der Waals surface area contributed by atoms with Gasteiger partial charge in [0.05, 0.1) is 11.4 Å². The molecule has 0 bridgehead atoms. The molecule has 0 atom stereocenters. The van der Waals surface area contributed by atoms with Gasteiger partial charge in [-0.3, -0.25) is 0 Å². The SMILES string of the molecule is Cc1ccc(-c2ccc3c(c2)B2c4cc(-c5cccc6oc7ccccc7c56)ccc4N(c4ccccc4-c4ccccc4)c4cc(-c5ccc6oc7ccccc7c6c5)cc(c42)N3c2ccccc2-c2ccccc2)cc1. The highest BCUT2D eigenvalue weighted by Gasteiger charge is 2.45. The number of fused-ring (bicyclic) bond motifs is 10. The molecule has 0 amide bonds. The standard InChI is InChI=1S/C73H47BN2O2/c1-46-31-33-47(34-32-46)51-35-38-64-60(42-51)74-61-43-52(56-25-16-30-71-72(56)58-24-11-15-29-69(58)78-71)36-39-65(61)76(63-27-13-9-22-55(63)49-19-6-3-7-20-49)67-45-53(50-37-40-70-59(41-50)57-23-10-14-28-68(57)77-70)44-66(73(67)74)75(64)62-26-12-8-21-54(62)48-17-4-2-5-18-48/h2-45H,1H3. The van der Waals surface area contributed by atoms with Crippen molar-refractivity contribution in [1.82, 2.24) is 0 Å². The number of para-hydroxylation sites is 4. The van der Waals surface area contributed by atoms with Crippen molar-refractivity contribution in [3.05, 3.63) is 272 Å². The smallest absolute Gasteiger partial charge is 0.252 e. The number of hydrogen-bond acceptors (Lipinski definition) is 4. The number of hydrogen-bond donors (Lipinski definition) is 0. The number of furan rings is 2. The molecule has 2 aromatic heterocycles. The van der Waals surface area contributed by atoms with Crippen LogP contribution in [0.15, 0.2) is 276 Å². The fourth-order valence-corrected chi connectivity index (χ4v) is 12.8. The molecule has 0 radical (unpaired) electrons. The van der Waals surface area contributed by atoms with E-state index in [1.807, 2.05) is 6.07 Å². The summed E-state index contributed by atoms with van der Waals surface area (Å²) in [5.41, 5.74) is 26.7. The average molecular weight is 995 g/mol. The van der Waals surface area contributed by atoms with E-state index in [-0.39, 0.29) is 6.71 Å². The van der Waals surface area contributed by atoms with Crippen LogP contribution in [0.5, 0.6) is 0 Å². The van der Waals surface area contributed by atoms with E-state index in [4.69, 9.17) is 8.83 Å². The number of anilines is 6. The average Bonchev–Trinajstić information content (AvgIpc) is 4.11. The fraction of sp³-hybridized carbons (Fsp3) is 0.0137. The van der Waals surface area contributed by atoms with Crippen LogP contribution in [-0.4, -0.2) is 6.71 Å². The Morgan fingerprint density at radius 3 is 1.42 bits per heavy atom. The molecule has 0 saturated carbocycles. The van der Waals surface area contributed by atoms with Gasteiger partial charge in [0.2, 0.25) is 0 Å². The minimum absolute atomic E-state index is 0.180. The van der Waals surface area contributed by atoms with E-state index < -0.39 is 0 Å². The zero-order valence-electron chi connectivity index (χ0n) is 42.7. The molecule has 0 fully saturated rings. The van der Waals surface area contributed by atoms with Crippen LogP contribution in [0.3, 0.4) is 0 Å². The van der Waals surface area contributed by atoms with Gasteiger partial charge in [0.1, 0.15) is 22.3 Å². The van der Waals surface area contributed by atoms with Gasteiger partial charge in [0.25, 0.3) is 6.71 Å². The molecule has 4 heterocycles. The Morgan fingerprint density at radius 1 is 0.282 bits per heavy atom. The molecule has 0 unspecified atom stereocenters. The lowest BCUT2D eigenvalue weighted by molar-refractivity contribution is 0.668. The van der Waals surface area contributed by atoms with Crippen molar-refractivity contribution in [1.29, 1.82) is 0 Å². The Kier molecular flexibility index (Phi) is 9.92. The van der Waals surface area contributed by atoms with Crippen LogP contribution in [0.4, 0.5) is 34.1 Å². The van der Waals surface area contributed by atoms with Gasteiger partial charge in [0.15, 0.2) is 0 Å². The van der Waals surface area contributed by atoms with Crippen molar-refractivity contribution >= 4 is 101 Å². The first-order chi connectivity index (χ1) is 38.6. The summed E-state index contributed by atoms with van der Waals surface area (Å²) in [5.74, 6) is 0. The Labute approximate surface area is 452 Å².